The number of carboxylic acids is 1. The Hall–Kier alpha value is -1.10. The zero-order valence-electron chi connectivity index (χ0n) is 8.48. The topological polar surface area (TPSA) is 86.7 Å². The van der Waals surface area contributed by atoms with Crippen molar-refractivity contribution in [3.63, 3.8) is 0 Å². The lowest BCUT2D eigenvalue weighted by molar-refractivity contribution is -0.314. The summed E-state index contributed by atoms with van der Waals surface area (Å²) in [6.07, 6.45) is 2.65. The molecule has 1 saturated carbocycles. The highest BCUT2D eigenvalue weighted by molar-refractivity contribution is 5.80. The van der Waals surface area contributed by atoms with E-state index in [0.29, 0.717) is 12.8 Å². The standard InChI is InChI=1S/C10H16O5/c11-5-6-15-10(14)8-4-2-1-3-7(8)9(12)13/h7-8,11H,1-6H2,(H,12,13)/p-1/t7-,8-/m1/s1. The lowest BCUT2D eigenvalue weighted by Gasteiger charge is -2.30. The molecule has 1 fully saturated rings. The van der Waals surface area contributed by atoms with Crippen LogP contribution in [0.3, 0.4) is 0 Å². The summed E-state index contributed by atoms with van der Waals surface area (Å²) in [4.78, 5) is 22.2. The average molecular weight is 215 g/mol. The Morgan fingerprint density at radius 2 is 1.87 bits per heavy atom. The van der Waals surface area contributed by atoms with Crippen LogP contribution in [0.2, 0.25) is 0 Å². The first-order chi connectivity index (χ1) is 7.16. The molecule has 0 aromatic heterocycles. The number of aliphatic hydroxyl groups excluding tert-OH is 1. The number of rotatable bonds is 4. The largest absolute Gasteiger partial charge is 0.550 e. The van der Waals surface area contributed by atoms with Gasteiger partial charge < -0.3 is 19.7 Å². The summed E-state index contributed by atoms with van der Waals surface area (Å²) in [5, 5.41) is 19.3. The third-order valence-corrected chi connectivity index (χ3v) is 2.71. The Bertz CT molecular complexity index is 238. The molecule has 0 saturated heterocycles. The first-order valence-electron chi connectivity index (χ1n) is 5.15. The van der Waals surface area contributed by atoms with Crippen LogP contribution in [-0.2, 0) is 14.3 Å². The minimum absolute atomic E-state index is 0.0743. The van der Waals surface area contributed by atoms with E-state index in [1.165, 1.54) is 0 Å². The maximum Gasteiger partial charge on any atom is 0.309 e. The van der Waals surface area contributed by atoms with E-state index in [4.69, 9.17) is 9.84 Å². The van der Waals surface area contributed by atoms with Crippen molar-refractivity contribution in [2.45, 2.75) is 25.7 Å². The molecule has 0 aromatic carbocycles. The molecule has 0 aliphatic heterocycles. The van der Waals surface area contributed by atoms with Crippen molar-refractivity contribution in [1.29, 1.82) is 0 Å². The molecule has 0 aromatic rings. The summed E-state index contributed by atoms with van der Waals surface area (Å²) in [7, 11) is 0. The summed E-state index contributed by atoms with van der Waals surface area (Å²) >= 11 is 0. The van der Waals surface area contributed by atoms with Gasteiger partial charge in [-0.3, -0.25) is 4.79 Å². The monoisotopic (exact) mass is 215 g/mol. The fraction of sp³-hybridized carbons (Fsp3) is 0.800. The van der Waals surface area contributed by atoms with E-state index < -0.39 is 23.8 Å². The van der Waals surface area contributed by atoms with Crippen LogP contribution in [0.5, 0.6) is 0 Å². The molecule has 1 aliphatic carbocycles. The fourth-order valence-corrected chi connectivity index (χ4v) is 1.95. The molecule has 2 atom stereocenters. The zero-order chi connectivity index (χ0) is 11.3. The smallest absolute Gasteiger partial charge is 0.309 e. The van der Waals surface area contributed by atoms with Gasteiger partial charge in [0.25, 0.3) is 0 Å². The zero-order valence-corrected chi connectivity index (χ0v) is 8.48. The molecule has 5 nitrogen and oxygen atoms in total. The molecule has 15 heavy (non-hydrogen) atoms. The van der Waals surface area contributed by atoms with Crippen LogP contribution in [0.1, 0.15) is 25.7 Å². The molecule has 86 valence electrons. The van der Waals surface area contributed by atoms with Crippen molar-refractivity contribution in [3.8, 4) is 0 Å². The maximum absolute atomic E-state index is 11.4. The van der Waals surface area contributed by atoms with E-state index in [1.54, 1.807) is 0 Å². The second-order valence-corrected chi connectivity index (χ2v) is 3.71. The normalized spacial score (nSPS) is 25.9. The average Bonchev–Trinajstić information content (AvgIpc) is 2.25. The number of aliphatic carboxylic acids is 1. The molecular weight excluding hydrogens is 200 g/mol. The minimum Gasteiger partial charge on any atom is -0.550 e. The molecule has 0 radical (unpaired) electrons. The van der Waals surface area contributed by atoms with Crippen molar-refractivity contribution in [3.05, 3.63) is 0 Å². The Kier molecular flexibility index (Phi) is 4.55. The number of aliphatic hydroxyl groups is 1. The van der Waals surface area contributed by atoms with Gasteiger partial charge in [0.2, 0.25) is 0 Å². The van der Waals surface area contributed by atoms with Crippen LogP contribution in [0.25, 0.3) is 0 Å². The molecule has 1 aliphatic rings. The second-order valence-electron chi connectivity index (χ2n) is 3.71. The van der Waals surface area contributed by atoms with Crippen molar-refractivity contribution >= 4 is 11.9 Å². The van der Waals surface area contributed by atoms with Gasteiger partial charge in [-0.15, -0.1) is 0 Å². The van der Waals surface area contributed by atoms with Crippen LogP contribution in [0.15, 0.2) is 0 Å². The van der Waals surface area contributed by atoms with Crippen molar-refractivity contribution in [2.75, 3.05) is 13.2 Å². The van der Waals surface area contributed by atoms with E-state index in [1.807, 2.05) is 0 Å². The molecule has 1 N–H and O–H groups in total. The number of carboxylic acid groups (broad SMARTS) is 1. The Labute approximate surface area is 88.0 Å². The van der Waals surface area contributed by atoms with Crippen molar-refractivity contribution in [1.82, 2.24) is 0 Å². The summed E-state index contributed by atoms with van der Waals surface area (Å²) < 4.78 is 4.73. The van der Waals surface area contributed by atoms with Gasteiger partial charge in [-0.2, -0.15) is 0 Å². The van der Waals surface area contributed by atoms with Gasteiger partial charge >= 0.3 is 5.97 Å². The van der Waals surface area contributed by atoms with Crippen molar-refractivity contribution in [2.24, 2.45) is 11.8 Å². The first kappa shape index (κ1) is 12.0. The van der Waals surface area contributed by atoms with E-state index >= 15 is 0 Å². The molecule has 0 spiro atoms. The first-order valence-corrected chi connectivity index (χ1v) is 5.15. The molecule has 5 heteroatoms. The lowest BCUT2D eigenvalue weighted by atomic mass is 9.79. The predicted octanol–water partition coefficient (Wildman–Crippen LogP) is -0.922. The van der Waals surface area contributed by atoms with Crippen molar-refractivity contribution < 1.29 is 24.5 Å². The van der Waals surface area contributed by atoms with Crippen LogP contribution in [0.4, 0.5) is 0 Å². The summed E-state index contributed by atoms with van der Waals surface area (Å²) in [6.45, 7) is -0.316. The maximum atomic E-state index is 11.4. The molecular formula is C10H15O5-. The fourth-order valence-electron chi connectivity index (χ4n) is 1.95. The van der Waals surface area contributed by atoms with E-state index in [2.05, 4.69) is 0 Å². The third-order valence-electron chi connectivity index (χ3n) is 2.71. The Morgan fingerprint density at radius 3 is 2.40 bits per heavy atom. The lowest BCUT2D eigenvalue weighted by Crippen LogP contribution is -2.41. The molecule has 0 amide bonds. The highest BCUT2D eigenvalue weighted by Crippen LogP contribution is 2.30. The minimum atomic E-state index is -1.18. The van der Waals surface area contributed by atoms with Crippen LogP contribution < -0.4 is 5.11 Å². The summed E-state index contributed by atoms with van der Waals surface area (Å²) in [5.74, 6) is -3.04. The Morgan fingerprint density at radius 1 is 1.27 bits per heavy atom. The summed E-state index contributed by atoms with van der Waals surface area (Å²) in [6, 6.07) is 0. The number of hydrogen-bond donors (Lipinski definition) is 1. The number of ether oxygens (including phenoxy) is 1. The molecule has 0 bridgehead atoms. The highest BCUT2D eigenvalue weighted by atomic mass is 16.5. The van der Waals surface area contributed by atoms with Gasteiger partial charge in [0.15, 0.2) is 0 Å². The number of esters is 1. The van der Waals surface area contributed by atoms with Crippen LogP contribution >= 0.6 is 0 Å². The van der Waals surface area contributed by atoms with Gasteiger partial charge in [0.1, 0.15) is 6.61 Å². The van der Waals surface area contributed by atoms with E-state index in [9.17, 15) is 14.7 Å². The van der Waals surface area contributed by atoms with Crippen LogP contribution in [0, 0.1) is 11.8 Å². The van der Waals surface area contributed by atoms with E-state index in [-0.39, 0.29) is 13.2 Å². The molecule has 0 heterocycles. The number of carbonyl (C=O) groups excluding carboxylic acids is 2. The van der Waals surface area contributed by atoms with Crippen LogP contribution in [-0.4, -0.2) is 30.3 Å². The summed E-state index contributed by atoms with van der Waals surface area (Å²) in [5.41, 5.74) is 0. The second kappa shape index (κ2) is 5.70. The van der Waals surface area contributed by atoms with Gasteiger partial charge in [-0.05, 0) is 12.8 Å². The van der Waals surface area contributed by atoms with Gasteiger partial charge in [-0.25, -0.2) is 0 Å². The van der Waals surface area contributed by atoms with Gasteiger partial charge in [0.05, 0.1) is 12.5 Å². The van der Waals surface area contributed by atoms with Gasteiger partial charge in [0, 0.05) is 11.9 Å². The quantitative estimate of drug-likeness (QED) is 0.613. The van der Waals surface area contributed by atoms with E-state index in [0.717, 1.165) is 12.8 Å². The SMILES string of the molecule is O=C([O-])[C@@H]1CCCC[C@H]1C(=O)OCCO. The van der Waals surface area contributed by atoms with Gasteiger partial charge in [-0.1, -0.05) is 12.8 Å². The number of hydrogen-bond acceptors (Lipinski definition) is 5. The molecule has 0 unspecified atom stereocenters. The third kappa shape index (κ3) is 3.20. The number of carbonyl (C=O) groups is 2. The Balaban J connectivity index is 2.55. The predicted molar refractivity (Wildman–Crippen MR) is 48.5 cm³/mol. The molecule has 1 rings (SSSR count). The highest BCUT2D eigenvalue weighted by Gasteiger charge is 2.32.